The summed E-state index contributed by atoms with van der Waals surface area (Å²) in [6, 6.07) is 6.24. The Balaban J connectivity index is 1.55. The monoisotopic (exact) mass is 466 g/mol. The molecule has 5 heterocycles. The molecule has 0 unspecified atom stereocenters. The minimum atomic E-state index is -3.09. The fourth-order valence-electron chi connectivity index (χ4n) is 4.43. The zero-order valence-electron chi connectivity index (χ0n) is 17.5. The Morgan fingerprint density at radius 1 is 1.09 bits per heavy atom. The van der Waals surface area contributed by atoms with Crippen LogP contribution in [0.15, 0.2) is 36.7 Å². The van der Waals surface area contributed by atoms with Crippen molar-refractivity contribution in [3.8, 4) is 11.1 Å². The van der Waals surface area contributed by atoms with Gasteiger partial charge in [0.2, 0.25) is 0 Å². The van der Waals surface area contributed by atoms with Crippen molar-refractivity contribution in [3.63, 3.8) is 0 Å². The molecular formula is C22H19FN6O3S. The van der Waals surface area contributed by atoms with Crippen LogP contribution in [0.2, 0.25) is 0 Å². The Bertz CT molecular complexity index is 1550. The van der Waals surface area contributed by atoms with Crippen LogP contribution in [0.1, 0.15) is 16.8 Å². The summed E-state index contributed by atoms with van der Waals surface area (Å²) in [4.78, 5) is 24.0. The number of carbonyl (C=O) groups is 1. The van der Waals surface area contributed by atoms with E-state index in [9.17, 15) is 17.6 Å². The first-order valence-corrected chi connectivity index (χ1v) is 12.4. The number of ketones is 1. The SMILES string of the molecule is O=C1CCNc2c1c(N1CCS(=O)(=O)CC1)nc1c(-c3cnc4ccc(F)cc4c3)cnn21. The van der Waals surface area contributed by atoms with E-state index in [4.69, 9.17) is 4.98 Å². The van der Waals surface area contributed by atoms with Crippen LogP contribution in [0.3, 0.4) is 0 Å². The van der Waals surface area contributed by atoms with Gasteiger partial charge >= 0.3 is 0 Å². The van der Waals surface area contributed by atoms with Crippen molar-refractivity contribution in [1.82, 2.24) is 19.6 Å². The molecule has 4 aromatic rings. The van der Waals surface area contributed by atoms with Gasteiger partial charge < -0.3 is 10.2 Å². The minimum absolute atomic E-state index is 0.0164. The van der Waals surface area contributed by atoms with Gasteiger partial charge in [-0.3, -0.25) is 9.78 Å². The number of sulfone groups is 1. The molecule has 0 spiro atoms. The van der Waals surface area contributed by atoms with E-state index in [2.05, 4.69) is 15.4 Å². The van der Waals surface area contributed by atoms with Crippen LogP contribution in [0.5, 0.6) is 0 Å². The van der Waals surface area contributed by atoms with Crippen LogP contribution in [0.25, 0.3) is 27.7 Å². The number of hydrogen-bond acceptors (Lipinski definition) is 8. The Morgan fingerprint density at radius 2 is 1.91 bits per heavy atom. The van der Waals surface area contributed by atoms with Crippen LogP contribution in [0.4, 0.5) is 16.0 Å². The second kappa shape index (κ2) is 7.20. The van der Waals surface area contributed by atoms with Crippen molar-refractivity contribution in [1.29, 1.82) is 0 Å². The van der Waals surface area contributed by atoms with Crippen molar-refractivity contribution >= 4 is 43.8 Å². The zero-order valence-corrected chi connectivity index (χ0v) is 18.3. The van der Waals surface area contributed by atoms with Crippen LogP contribution in [0, 0.1) is 5.82 Å². The molecule has 0 atom stereocenters. The molecule has 0 bridgehead atoms. The number of benzene rings is 1. The number of carbonyl (C=O) groups excluding carboxylic acids is 1. The molecule has 11 heteroatoms. The van der Waals surface area contributed by atoms with Gasteiger partial charge in [-0.2, -0.15) is 9.61 Å². The molecule has 0 aliphatic carbocycles. The van der Waals surface area contributed by atoms with E-state index in [0.717, 1.165) is 0 Å². The summed E-state index contributed by atoms with van der Waals surface area (Å²) < 4.78 is 39.3. The van der Waals surface area contributed by atoms with Gasteiger partial charge in [0.05, 0.1) is 23.2 Å². The predicted octanol–water partition coefficient (Wildman–Crippen LogP) is 2.32. The molecule has 168 valence electrons. The third-order valence-corrected chi connectivity index (χ3v) is 7.76. The van der Waals surface area contributed by atoms with Crippen LogP contribution >= 0.6 is 0 Å². The van der Waals surface area contributed by atoms with Gasteiger partial charge in [0.15, 0.2) is 21.3 Å². The predicted molar refractivity (Wildman–Crippen MR) is 122 cm³/mol. The first kappa shape index (κ1) is 20.0. The highest BCUT2D eigenvalue weighted by Gasteiger charge is 2.32. The first-order valence-electron chi connectivity index (χ1n) is 10.6. The number of rotatable bonds is 2. The first-order chi connectivity index (χ1) is 15.9. The Labute approximate surface area is 188 Å². The molecule has 1 aromatic carbocycles. The van der Waals surface area contributed by atoms with Gasteiger partial charge in [-0.1, -0.05) is 0 Å². The lowest BCUT2D eigenvalue weighted by Crippen LogP contribution is -2.42. The Hall–Kier alpha value is -3.60. The maximum Gasteiger partial charge on any atom is 0.172 e. The largest absolute Gasteiger partial charge is 0.369 e. The molecule has 1 N–H and O–H groups in total. The van der Waals surface area contributed by atoms with Crippen LogP contribution in [-0.2, 0) is 9.84 Å². The average molecular weight is 466 g/mol. The van der Waals surface area contributed by atoms with Crippen molar-refractivity contribution < 1.29 is 17.6 Å². The van der Waals surface area contributed by atoms with Gasteiger partial charge in [0, 0.05) is 48.8 Å². The Morgan fingerprint density at radius 3 is 2.73 bits per heavy atom. The van der Waals surface area contributed by atoms with E-state index in [0.29, 0.717) is 57.8 Å². The summed E-state index contributed by atoms with van der Waals surface area (Å²) in [6.45, 7) is 1.02. The molecule has 0 radical (unpaired) electrons. The lowest BCUT2D eigenvalue weighted by atomic mass is 10.0. The number of Topliss-reactive ketones (excluding diaryl/α,β-unsaturated/α-hetero) is 1. The van der Waals surface area contributed by atoms with Gasteiger partial charge in [-0.25, -0.2) is 17.8 Å². The molecule has 0 saturated carbocycles. The summed E-state index contributed by atoms with van der Waals surface area (Å²) in [5.41, 5.74) is 3.01. The van der Waals surface area contributed by atoms with E-state index in [1.54, 1.807) is 23.0 Å². The quantitative estimate of drug-likeness (QED) is 0.479. The molecule has 2 aliphatic rings. The molecule has 2 aliphatic heterocycles. The fraction of sp³-hybridized carbons (Fsp3) is 0.273. The normalized spacial score (nSPS) is 17.8. The van der Waals surface area contributed by atoms with E-state index in [1.165, 1.54) is 12.1 Å². The second-order valence-electron chi connectivity index (χ2n) is 8.25. The molecule has 1 saturated heterocycles. The highest BCUT2D eigenvalue weighted by Crippen LogP contribution is 2.35. The summed E-state index contributed by atoms with van der Waals surface area (Å²) in [6.07, 6.45) is 3.66. The van der Waals surface area contributed by atoms with Crippen molar-refractivity contribution in [3.05, 3.63) is 48.0 Å². The smallest absolute Gasteiger partial charge is 0.172 e. The number of nitrogens with one attached hydrogen (secondary N) is 1. The van der Waals surface area contributed by atoms with E-state index in [-0.39, 0.29) is 36.2 Å². The molecule has 9 nitrogen and oxygen atoms in total. The number of fused-ring (bicyclic) bond motifs is 4. The number of hydrogen-bond donors (Lipinski definition) is 1. The molecule has 3 aromatic heterocycles. The second-order valence-corrected chi connectivity index (χ2v) is 10.6. The summed E-state index contributed by atoms with van der Waals surface area (Å²) in [5, 5.41) is 8.39. The van der Waals surface area contributed by atoms with Crippen molar-refractivity contribution in [2.75, 3.05) is 41.4 Å². The lowest BCUT2D eigenvalue weighted by molar-refractivity contribution is 0.0983. The molecule has 6 rings (SSSR count). The number of halogens is 1. The van der Waals surface area contributed by atoms with Crippen molar-refractivity contribution in [2.24, 2.45) is 0 Å². The summed E-state index contributed by atoms with van der Waals surface area (Å²) in [7, 11) is -3.09. The number of aromatic nitrogens is 4. The number of nitrogens with zero attached hydrogens (tertiary/aromatic N) is 5. The van der Waals surface area contributed by atoms with E-state index < -0.39 is 9.84 Å². The standard InChI is InChI=1S/C22H19FN6O3S/c23-15-1-2-17-13(10-15)9-14(11-25-17)16-12-26-29-20(16)27-22(19-18(30)3-4-24-21(19)29)28-5-7-33(31,32)8-6-28/h1-2,9-12,24H,3-8H2. The topological polar surface area (TPSA) is 110 Å². The third kappa shape index (κ3) is 3.30. The molecular weight excluding hydrogens is 447 g/mol. The van der Waals surface area contributed by atoms with Gasteiger partial charge in [-0.05, 0) is 24.3 Å². The molecule has 1 fully saturated rings. The lowest BCUT2D eigenvalue weighted by Gasteiger charge is -2.31. The summed E-state index contributed by atoms with van der Waals surface area (Å²) >= 11 is 0. The number of anilines is 2. The van der Waals surface area contributed by atoms with E-state index >= 15 is 0 Å². The van der Waals surface area contributed by atoms with Gasteiger partial charge in [-0.15, -0.1) is 0 Å². The molecule has 33 heavy (non-hydrogen) atoms. The minimum Gasteiger partial charge on any atom is -0.369 e. The summed E-state index contributed by atoms with van der Waals surface area (Å²) in [5.74, 6) is 0.641. The maximum atomic E-state index is 13.8. The third-order valence-electron chi connectivity index (χ3n) is 6.15. The zero-order chi connectivity index (χ0) is 22.7. The maximum absolute atomic E-state index is 13.8. The van der Waals surface area contributed by atoms with Crippen LogP contribution in [-0.4, -0.2) is 64.9 Å². The molecule has 0 amide bonds. The highest BCUT2D eigenvalue weighted by molar-refractivity contribution is 7.91. The Kier molecular flexibility index (Phi) is 4.37. The van der Waals surface area contributed by atoms with Gasteiger partial charge in [0.1, 0.15) is 23.0 Å². The highest BCUT2D eigenvalue weighted by atomic mass is 32.2. The fourth-order valence-corrected chi connectivity index (χ4v) is 5.63. The van der Waals surface area contributed by atoms with E-state index in [1.807, 2.05) is 11.0 Å². The van der Waals surface area contributed by atoms with Crippen LogP contribution < -0.4 is 10.2 Å². The number of pyridine rings is 1. The van der Waals surface area contributed by atoms with Gasteiger partial charge in [0.25, 0.3) is 0 Å². The van der Waals surface area contributed by atoms with Crippen molar-refractivity contribution in [2.45, 2.75) is 6.42 Å². The average Bonchev–Trinajstić information content (AvgIpc) is 3.22.